The minimum absolute atomic E-state index is 0.232. The molecule has 2 heterocycles. The summed E-state index contributed by atoms with van der Waals surface area (Å²) in [6, 6.07) is 7.70. The van der Waals surface area contributed by atoms with Crippen molar-refractivity contribution in [1.29, 1.82) is 0 Å². The molecule has 186 valence electrons. The lowest BCUT2D eigenvalue weighted by molar-refractivity contribution is -0.136. The molecule has 2 N–H and O–H groups in total. The number of rotatable bonds is 8. The first-order valence-electron chi connectivity index (χ1n) is 12.9. The smallest absolute Gasteiger partial charge is 0.325 e. The number of benzene rings is 1. The fraction of sp³-hybridized carbons (Fsp3) is 0.667. The van der Waals surface area contributed by atoms with Crippen LogP contribution in [-0.2, 0) is 22.7 Å². The molecule has 0 bridgehead atoms. The van der Waals surface area contributed by atoms with Gasteiger partial charge in [0.1, 0.15) is 12.1 Å². The molecule has 7 heteroatoms. The van der Waals surface area contributed by atoms with Crippen LogP contribution < -0.4 is 10.6 Å². The Bertz CT molecular complexity index is 914. The third-order valence-corrected chi connectivity index (χ3v) is 8.59. The maximum Gasteiger partial charge on any atom is 0.325 e. The molecule has 2 aliphatic heterocycles. The molecule has 1 spiro atoms. The Labute approximate surface area is 203 Å². The van der Waals surface area contributed by atoms with Crippen molar-refractivity contribution in [3.63, 3.8) is 0 Å². The van der Waals surface area contributed by atoms with Gasteiger partial charge in [-0.05, 0) is 74.1 Å². The van der Waals surface area contributed by atoms with Gasteiger partial charge in [-0.15, -0.1) is 0 Å². The zero-order valence-corrected chi connectivity index (χ0v) is 21.0. The number of hydrogen-bond acceptors (Lipinski definition) is 4. The van der Waals surface area contributed by atoms with Gasteiger partial charge < -0.3 is 10.6 Å². The molecule has 1 aromatic rings. The first-order chi connectivity index (χ1) is 16.2. The molecule has 34 heavy (non-hydrogen) atoms. The summed E-state index contributed by atoms with van der Waals surface area (Å²) in [4.78, 5) is 42.2. The van der Waals surface area contributed by atoms with E-state index < -0.39 is 11.6 Å². The fourth-order valence-electron chi connectivity index (χ4n) is 5.80. The van der Waals surface area contributed by atoms with Crippen LogP contribution in [0.1, 0.15) is 76.8 Å². The summed E-state index contributed by atoms with van der Waals surface area (Å²) >= 11 is 0. The summed E-state index contributed by atoms with van der Waals surface area (Å²) in [6.45, 7) is 10.1. The molecule has 7 nitrogen and oxygen atoms in total. The van der Waals surface area contributed by atoms with Crippen LogP contribution in [0.2, 0.25) is 0 Å². The highest BCUT2D eigenvalue weighted by Crippen LogP contribution is 2.45. The molecule has 3 aliphatic rings. The predicted molar refractivity (Wildman–Crippen MR) is 132 cm³/mol. The van der Waals surface area contributed by atoms with Gasteiger partial charge in [0.25, 0.3) is 5.91 Å². The summed E-state index contributed by atoms with van der Waals surface area (Å²) < 4.78 is 0. The largest absolute Gasteiger partial charge is 0.350 e. The first kappa shape index (κ1) is 24.7. The van der Waals surface area contributed by atoms with Crippen molar-refractivity contribution in [3.8, 4) is 0 Å². The first-order valence-corrected chi connectivity index (χ1v) is 12.9. The van der Waals surface area contributed by atoms with Crippen LogP contribution in [0.5, 0.6) is 0 Å². The van der Waals surface area contributed by atoms with E-state index in [-0.39, 0.29) is 23.8 Å². The van der Waals surface area contributed by atoms with E-state index in [0.717, 1.165) is 49.4 Å². The van der Waals surface area contributed by atoms with Gasteiger partial charge in [0, 0.05) is 13.1 Å². The van der Waals surface area contributed by atoms with Gasteiger partial charge in [-0.2, -0.15) is 0 Å². The Morgan fingerprint density at radius 1 is 1.12 bits per heavy atom. The molecular formula is C27H40N4O3. The lowest BCUT2D eigenvalue weighted by Crippen LogP contribution is -2.51. The number of nitrogens with one attached hydrogen (secondary N) is 2. The van der Waals surface area contributed by atoms with Gasteiger partial charge >= 0.3 is 6.03 Å². The van der Waals surface area contributed by atoms with E-state index in [2.05, 4.69) is 42.4 Å². The molecule has 0 unspecified atom stereocenters. The molecule has 4 rings (SSSR count). The van der Waals surface area contributed by atoms with Crippen LogP contribution in [0.4, 0.5) is 4.79 Å². The molecule has 2 saturated heterocycles. The van der Waals surface area contributed by atoms with Gasteiger partial charge in [-0.1, -0.05) is 51.5 Å². The number of urea groups is 1. The Balaban J connectivity index is 1.32. The van der Waals surface area contributed by atoms with Crippen LogP contribution >= 0.6 is 0 Å². The van der Waals surface area contributed by atoms with Crippen LogP contribution in [0.25, 0.3) is 0 Å². The predicted octanol–water partition coefficient (Wildman–Crippen LogP) is 3.82. The number of nitrogens with zero attached hydrogens (tertiary/aromatic N) is 2. The molecule has 0 atom stereocenters. The van der Waals surface area contributed by atoms with Crippen LogP contribution in [0.3, 0.4) is 0 Å². The molecule has 4 amide bonds. The van der Waals surface area contributed by atoms with E-state index >= 15 is 0 Å². The average Bonchev–Trinajstić information content (AvgIpc) is 3.41. The van der Waals surface area contributed by atoms with Crippen molar-refractivity contribution in [2.24, 2.45) is 11.3 Å². The second-order valence-electron chi connectivity index (χ2n) is 11.0. The van der Waals surface area contributed by atoms with Gasteiger partial charge in [0.2, 0.25) is 5.91 Å². The second kappa shape index (κ2) is 10.1. The Morgan fingerprint density at radius 3 is 2.41 bits per heavy atom. The summed E-state index contributed by atoms with van der Waals surface area (Å²) in [5.74, 6) is -0.00188. The lowest BCUT2D eigenvalue weighted by Gasteiger charge is -2.42. The number of imide groups is 1. The minimum Gasteiger partial charge on any atom is -0.350 e. The molecular weight excluding hydrogens is 428 g/mol. The molecule has 1 aliphatic carbocycles. The van der Waals surface area contributed by atoms with E-state index in [1.54, 1.807) is 0 Å². The SMILES string of the molecule is CCC(C)(C)C1CCC2(CC1)NC(=O)N(CC(=O)NCc1ccccc1CN1CCCC1)C2=O. The monoisotopic (exact) mass is 468 g/mol. The highest BCUT2D eigenvalue weighted by molar-refractivity contribution is 6.09. The standard InChI is InChI=1S/C27H40N4O3/c1-4-26(2,3)22-11-13-27(14-12-22)24(33)31(25(34)29-27)19-23(32)28-17-20-9-5-6-10-21(20)18-30-15-7-8-16-30/h5-6,9-10,22H,4,7-8,11-19H2,1-3H3,(H,28,32)(H,29,34). The molecule has 3 fully saturated rings. The Morgan fingerprint density at radius 2 is 1.76 bits per heavy atom. The highest BCUT2D eigenvalue weighted by atomic mass is 16.2. The van der Waals surface area contributed by atoms with Crippen molar-refractivity contribution in [3.05, 3.63) is 35.4 Å². The van der Waals surface area contributed by atoms with E-state index in [0.29, 0.717) is 25.3 Å². The topological polar surface area (TPSA) is 81.8 Å². The molecule has 1 saturated carbocycles. The number of hydrogen-bond donors (Lipinski definition) is 2. The van der Waals surface area contributed by atoms with Crippen molar-refractivity contribution in [2.75, 3.05) is 19.6 Å². The summed E-state index contributed by atoms with van der Waals surface area (Å²) in [5.41, 5.74) is 1.69. The van der Waals surface area contributed by atoms with Crippen LogP contribution in [0.15, 0.2) is 24.3 Å². The quantitative estimate of drug-likeness (QED) is 0.569. The van der Waals surface area contributed by atoms with E-state index in [1.807, 2.05) is 18.2 Å². The maximum atomic E-state index is 13.2. The van der Waals surface area contributed by atoms with E-state index in [9.17, 15) is 14.4 Å². The highest BCUT2D eigenvalue weighted by Gasteiger charge is 2.53. The fourth-order valence-corrected chi connectivity index (χ4v) is 5.80. The normalized spacial score (nSPS) is 25.7. The van der Waals surface area contributed by atoms with E-state index in [4.69, 9.17) is 0 Å². The number of carbonyl (C=O) groups excluding carboxylic acids is 3. The minimum atomic E-state index is -0.833. The van der Waals surface area contributed by atoms with Gasteiger partial charge in [-0.25, -0.2) is 4.79 Å². The zero-order valence-electron chi connectivity index (χ0n) is 21.0. The summed E-state index contributed by atoms with van der Waals surface area (Å²) in [7, 11) is 0. The number of amides is 4. The van der Waals surface area contributed by atoms with Gasteiger partial charge in [-0.3, -0.25) is 19.4 Å². The summed E-state index contributed by atoms with van der Waals surface area (Å²) in [5, 5.41) is 5.87. The van der Waals surface area contributed by atoms with Crippen molar-refractivity contribution >= 4 is 17.8 Å². The molecule has 1 aromatic carbocycles. The third kappa shape index (κ3) is 5.14. The van der Waals surface area contributed by atoms with Gasteiger partial charge in [0.15, 0.2) is 0 Å². The van der Waals surface area contributed by atoms with Crippen LogP contribution in [-0.4, -0.2) is 52.8 Å². The van der Waals surface area contributed by atoms with Crippen molar-refractivity contribution in [2.45, 2.75) is 84.3 Å². The zero-order chi connectivity index (χ0) is 24.3. The van der Waals surface area contributed by atoms with Crippen molar-refractivity contribution < 1.29 is 14.4 Å². The second-order valence-corrected chi connectivity index (χ2v) is 11.0. The molecule has 0 radical (unpaired) electrons. The number of carbonyl (C=O) groups is 3. The summed E-state index contributed by atoms with van der Waals surface area (Å²) in [6.07, 6.45) is 6.70. The Hall–Kier alpha value is -2.41. The lowest BCUT2D eigenvalue weighted by atomic mass is 9.65. The van der Waals surface area contributed by atoms with Crippen LogP contribution in [0, 0.1) is 11.3 Å². The van der Waals surface area contributed by atoms with E-state index in [1.165, 1.54) is 18.4 Å². The van der Waals surface area contributed by atoms with Gasteiger partial charge in [0.05, 0.1) is 0 Å². The average molecular weight is 469 g/mol. The number of likely N-dealkylation sites (tertiary alicyclic amines) is 1. The third-order valence-electron chi connectivity index (χ3n) is 8.59. The maximum absolute atomic E-state index is 13.2. The molecule has 0 aromatic heterocycles. The Kier molecular flexibility index (Phi) is 7.31. The van der Waals surface area contributed by atoms with Crippen molar-refractivity contribution in [1.82, 2.24) is 20.4 Å².